The second-order valence-electron chi connectivity index (χ2n) is 7.13. The quantitative estimate of drug-likeness (QED) is 0.453. The molecule has 140 valence electrons. The molecule has 0 aliphatic heterocycles. The minimum absolute atomic E-state index is 0.198. The maximum absolute atomic E-state index is 11.9. The Morgan fingerprint density at radius 3 is 2.41 bits per heavy atom. The third kappa shape index (κ3) is 4.22. The molecule has 1 aromatic carbocycles. The number of pyridine rings is 1. The van der Waals surface area contributed by atoms with Crippen LogP contribution in [-0.2, 0) is 0 Å². The van der Waals surface area contributed by atoms with E-state index in [0.717, 1.165) is 5.56 Å². The van der Waals surface area contributed by atoms with Crippen molar-refractivity contribution in [3.05, 3.63) is 55.7 Å². The number of aryl methyl sites for hydroxylation is 1. The summed E-state index contributed by atoms with van der Waals surface area (Å²) in [6.07, 6.45) is 3.11. The molecule has 0 amide bonds. The van der Waals surface area contributed by atoms with Crippen molar-refractivity contribution in [3.8, 4) is 0 Å². The summed E-state index contributed by atoms with van der Waals surface area (Å²) < 4.78 is 0. The van der Waals surface area contributed by atoms with Crippen LogP contribution in [0.2, 0.25) is 5.15 Å². The molecule has 27 heavy (non-hydrogen) atoms. The topological polar surface area (TPSA) is 109 Å². The molecular formula is C18H19ClN6O2. The maximum Gasteiger partial charge on any atom is 0.253 e. The first-order valence-corrected chi connectivity index (χ1v) is 8.62. The van der Waals surface area contributed by atoms with Crippen molar-refractivity contribution in [2.75, 3.05) is 16.0 Å². The van der Waals surface area contributed by atoms with E-state index in [0.29, 0.717) is 22.6 Å². The normalized spacial score (nSPS) is 11.4. The number of hydrogen-bond acceptors (Lipinski definition) is 8. The van der Waals surface area contributed by atoms with E-state index in [-0.39, 0.29) is 16.9 Å². The number of hydrogen-bond donors (Lipinski definition) is 3. The molecule has 2 aromatic heterocycles. The molecule has 9 heteroatoms. The maximum atomic E-state index is 11.9. The molecule has 3 aromatic rings. The highest BCUT2D eigenvalue weighted by molar-refractivity contribution is 6.30. The van der Waals surface area contributed by atoms with Crippen molar-refractivity contribution >= 4 is 40.4 Å². The zero-order valence-electron chi connectivity index (χ0n) is 15.3. The van der Waals surface area contributed by atoms with Gasteiger partial charge in [0.15, 0.2) is 0 Å². The molecule has 0 atom stereocenters. The first-order valence-electron chi connectivity index (χ1n) is 8.25. The minimum atomic E-state index is -0.576. The highest BCUT2D eigenvalue weighted by Crippen LogP contribution is 2.24. The molecule has 0 fully saturated rings. The van der Waals surface area contributed by atoms with Crippen LogP contribution >= 0.6 is 11.6 Å². The summed E-state index contributed by atoms with van der Waals surface area (Å²) in [6, 6.07) is 3.43. The van der Waals surface area contributed by atoms with Gasteiger partial charge in [0.05, 0.1) is 11.9 Å². The fourth-order valence-corrected chi connectivity index (χ4v) is 2.48. The number of aromatic nitrogens is 3. The zero-order chi connectivity index (χ0) is 19.8. The van der Waals surface area contributed by atoms with Gasteiger partial charge in [0, 0.05) is 11.7 Å². The van der Waals surface area contributed by atoms with E-state index >= 15 is 0 Å². The lowest BCUT2D eigenvalue weighted by Crippen LogP contribution is -2.41. The van der Waals surface area contributed by atoms with Gasteiger partial charge < -0.3 is 16.0 Å². The van der Waals surface area contributed by atoms with Gasteiger partial charge in [-0.3, -0.25) is 9.59 Å². The van der Waals surface area contributed by atoms with E-state index in [4.69, 9.17) is 11.6 Å². The summed E-state index contributed by atoms with van der Waals surface area (Å²) in [6.45, 7) is 7.56. The fraction of sp³-hybridized carbons (Fsp3) is 0.278. The fourth-order valence-electron chi connectivity index (χ4n) is 2.38. The molecule has 3 N–H and O–H groups in total. The Bertz CT molecular complexity index is 1070. The van der Waals surface area contributed by atoms with Crippen molar-refractivity contribution in [1.82, 2.24) is 15.0 Å². The van der Waals surface area contributed by atoms with Gasteiger partial charge in [-0.25, -0.2) is 9.97 Å². The van der Waals surface area contributed by atoms with Crippen molar-refractivity contribution in [2.45, 2.75) is 33.2 Å². The van der Waals surface area contributed by atoms with E-state index in [1.54, 1.807) is 12.3 Å². The van der Waals surface area contributed by atoms with E-state index in [2.05, 4.69) is 30.9 Å². The van der Waals surface area contributed by atoms with Crippen molar-refractivity contribution < 1.29 is 0 Å². The first kappa shape index (κ1) is 18.8. The largest absolute Gasteiger partial charge is 0.375 e. The molecule has 8 nitrogen and oxygen atoms in total. The van der Waals surface area contributed by atoms with Gasteiger partial charge in [0.1, 0.15) is 22.3 Å². The average molecular weight is 387 g/mol. The number of anilines is 5. The molecule has 2 heterocycles. The summed E-state index contributed by atoms with van der Waals surface area (Å²) in [5.74, 6) is 0.697. The summed E-state index contributed by atoms with van der Waals surface area (Å²) >= 11 is 5.92. The smallest absolute Gasteiger partial charge is 0.253 e. The molecule has 0 aliphatic carbocycles. The lowest BCUT2D eigenvalue weighted by atomic mass is 10.1. The molecule has 0 bridgehead atoms. The van der Waals surface area contributed by atoms with Crippen LogP contribution < -0.4 is 26.8 Å². The second kappa shape index (κ2) is 6.96. The lowest BCUT2D eigenvalue weighted by molar-refractivity contribution is 0.632. The van der Waals surface area contributed by atoms with E-state index in [1.165, 1.54) is 6.20 Å². The molecule has 0 saturated heterocycles. The van der Waals surface area contributed by atoms with Crippen LogP contribution in [0, 0.1) is 6.92 Å². The Hall–Kier alpha value is -3.00. The van der Waals surface area contributed by atoms with Gasteiger partial charge in [0.2, 0.25) is 5.95 Å². The predicted molar refractivity (Wildman–Crippen MR) is 107 cm³/mol. The Morgan fingerprint density at radius 1 is 1.04 bits per heavy atom. The van der Waals surface area contributed by atoms with Gasteiger partial charge in [-0.05, 0) is 45.4 Å². The second-order valence-corrected chi connectivity index (χ2v) is 7.49. The van der Waals surface area contributed by atoms with Crippen LogP contribution in [0.15, 0.2) is 34.1 Å². The first-order chi connectivity index (χ1) is 12.6. The summed E-state index contributed by atoms with van der Waals surface area (Å²) in [7, 11) is 0. The van der Waals surface area contributed by atoms with Crippen molar-refractivity contribution in [1.29, 1.82) is 0 Å². The Labute approximate surface area is 160 Å². The van der Waals surface area contributed by atoms with Crippen LogP contribution in [-0.4, -0.2) is 20.5 Å². The average Bonchev–Trinajstić information content (AvgIpc) is 2.60. The molecule has 0 aliphatic rings. The summed E-state index contributed by atoms with van der Waals surface area (Å²) in [4.78, 5) is 36.3. The number of rotatable bonds is 5. The Morgan fingerprint density at radius 2 is 1.74 bits per heavy atom. The number of halogens is 1. The van der Waals surface area contributed by atoms with Gasteiger partial charge in [-0.15, -0.1) is 0 Å². The van der Waals surface area contributed by atoms with Crippen molar-refractivity contribution in [2.24, 2.45) is 0 Å². The third-order valence-electron chi connectivity index (χ3n) is 3.59. The number of nitrogens with zero attached hydrogens (tertiary/aromatic N) is 3. The predicted octanol–water partition coefficient (Wildman–Crippen LogP) is 3.13. The Kier molecular flexibility index (Phi) is 4.84. The van der Waals surface area contributed by atoms with Gasteiger partial charge >= 0.3 is 0 Å². The SMILES string of the molecule is Cc1cc(Nc2nccc(Nc3c(NC(C)(C)C)c(=O)c3=O)n2)cnc1Cl. The summed E-state index contributed by atoms with van der Waals surface area (Å²) in [5, 5.41) is 9.39. The van der Waals surface area contributed by atoms with Gasteiger partial charge in [0.25, 0.3) is 10.9 Å². The Balaban J connectivity index is 1.81. The minimum Gasteiger partial charge on any atom is -0.375 e. The molecule has 0 unspecified atom stereocenters. The zero-order valence-corrected chi connectivity index (χ0v) is 16.1. The molecular weight excluding hydrogens is 368 g/mol. The lowest BCUT2D eigenvalue weighted by Gasteiger charge is -2.24. The van der Waals surface area contributed by atoms with Gasteiger partial charge in [-0.1, -0.05) is 11.6 Å². The molecule has 0 spiro atoms. The standard InChI is InChI=1S/C18H19ClN6O2/c1-9-7-10(8-21-16(9)19)22-17-20-6-5-11(24-17)23-12-13(15(27)14(12)26)25-18(2,3)4/h5-8,25H,1-4H3,(H2,20,22,23,24). The van der Waals surface area contributed by atoms with Crippen molar-refractivity contribution in [3.63, 3.8) is 0 Å². The monoisotopic (exact) mass is 386 g/mol. The highest BCUT2D eigenvalue weighted by Gasteiger charge is 2.25. The van der Waals surface area contributed by atoms with E-state index in [1.807, 2.05) is 33.8 Å². The van der Waals surface area contributed by atoms with Crippen LogP contribution in [0.25, 0.3) is 0 Å². The molecule has 3 rings (SSSR count). The number of nitrogens with one attached hydrogen (secondary N) is 3. The molecule has 0 radical (unpaired) electrons. The van der Waals surface area contributed by atoms with E-state index in [9.17, 15) is 9.59 Å². The van der Waals surface area contributed by atoms with E-state index < -0.39 is 10.9 Å². The van der Waals surface area contributed by atoms with Gasteiger partial charge in [-0.2, -0.15) is 4.98 Å². The van der Waals surface area contributed by atoms with Crippen LogP contribution in [0.5, 0.6) is 0 Å². The molecule has 0 saturated carbocycles. The third-order valence-corrected chi connectivity index (χ3v) is 3.99. The van der Waals surface area contributed by atoms with Crippen LogP contribution in [0.3, 0.4) is 0 Å². The highest BCUT2D eigenvalue weighted by atomic mass is 35.5. The van der Waals surface area contributed by atoms with Crippen LogP contribution in [0.1, 0.15) is 26.3 Å². The van der Waals surface area contributed by atoms with Crippen LogP contribution in [0.4, 0.5) is 28.8 Å². The summed E-state index contributed by atoms with van der Waals surface area (Å²) in [5.41, 5.74) is 0.490.